The number of hydrogen-bond donors (Lipinski definition) is 0. The molecule has 0 N–H and O–H groups in total. The second kappa shape index (κ2) is 12.0. The number of benzene rings is 7. The molecule has 8 rings (SSSR count). The Morgan fingerprint density at radius 3 is 1.65 bits per heavy atom. The van der Waals surface area contributed by atoms with Crippen molar-refractivity contribution in [3.63, 3.8) is 0 Å². The van der Waals surface area contributed by atoms with Gasteiger partial charge in [0.1, 0.15) is 0 Å². The summed E-state index contributed by atoms with van der Waals surface area (Å²) in [6.45, 7) is 0. The largest absolute Gasteiger partial charge is 0.309 e. The molecule has 8 aromatic rings. The SMILES string of the molecule is N#Cc1ccc2c(c1)c1ccccc1n2-c1ccccc1-c1c(C#N)cccc1[Si](c1ccccc1)(c1ccccc1)c1ccccc1. The van der Waals surface area contributed by atoms with E-state index in [1.165, 1.54) is 15.6 Å². The van der Waals surface area contributed by atoms with E-state index >= 15 is 0 Å². The molecule has 0 unspecified atom stereocenters. The van der Waals surface area contributed by atoms with Gasteiger partial charge >= 0.3 is 0 Å². The zero-order valence-corrected chi connectivity index (χ0v) is 27.1. The molecule has 0 fully saturated rings. The highest BCUT2D eigenvalue weighted by Gasteiger charge is 2.43. The van der Waals surface area contributed by atoms with Gasteiger partial charge in [-0.15, -0.1) is 0 Å². The lowest BCUT2D eigenvalue weighted by atomic mass is 9.98. The average molecular weight is 628 g/mol. The first-order valence-corrected chi connectivity index (χ1v) is 18.0. The Bertz CT molecular complexity index is 2430. The van der Waals surface area contributed by atoms with Crippen LogP contribution in [-0.2, 0) is 0 Å². The maximum atomic E-state index is 10.8. The van der Waals surface area contributed by atoms with Crippen LogP contribution >= 0.6 is 0 Å². The summed E-state index contributed by atoms with van der Waals surface area (Å²) in [4.78, 5) is 0. The van der Waals surface area contributed by atoms with Gasteiger partial charge in [0.05, 0.1) is 40.0 Å². The lowest BCUT2D eigenvalue weighted by Crippen LogP contribution is -2.75. The Balaban J connectivity index is 1.53. The quantitative estimate of drug-likeness (QED) is 0.141. The van der Waals surface area contributed by atoms with Crippen LogP contribution in [0.2, 0.25) is 0 Å². The summed E-state index contributed by atoms with van der Waals surface area (Å²) in [7, 11) is -3.00. The number of nitriles is 2. The molecule has 0 aliphatic rings. The van der Waals surface area contributed by atoms with Crippen LogP contribution in [0.5, 0.6) is 0 Å². The van der Waals surface area contributed by atoms with Crippen LogP contribution in [0, 0.1) is 22.7 Å². The van der Waals surface area contributed by atoms with Gasteiger partial charge in [0.2, 0.25) is 0 Å². The van der Waals surface area contributed by atoms with Crippen LogP contribution in [0.3, 0.4) is 0 Å². The second-order valence-corrected chi connectivity index (χ2v) is 15.7. The van der Waals surface area contributed by atoms with Crippen LogP contribution in [0.15, 0.2) is 176 Å². The molecule has 0 amide bonds. The summed E-state index contributed by atoms with van der Waals surface area (Å²) >= 11 is 0. The molecule has 0 atom stereocenters. The van der Waals surface area contributed by atoms with Crippen molar-refractivity contribution in [3.05, 3.63) is 187 Å². The lowest BCUT2D eigenvalue weighted by Gasteiger charge is -2.36. The minimum Gasteiger partial charge on any atom is -0.309 e. The Labute approximate surface area is 280 Å². The number of nitrogens with zero attached hydrogens (tertiary/aromatic N) is 3. The highest BCUT2D eigenvalue weighted by atomic mass is 28.3. The van der Waals surface area contributed by atoms with E-state index in [1.54, 1.807) is 0 Å². The first-order chi connectivity index (χ1) is 23.8. The Kier molecular flexibility index (Phi) is 7.27. The summed E-state index contributed by atoms with van der Waals surface area (Å²) in [6.07, 6.45) is 0. The van der Waals surface area contributed by atoms with Gasteiger partial charge in [-0.1, -0.05) is 140 Å². The minimum atomic E-state index is -3.00. The average Bonchev–Trinajstić information content (AvgIpc) is 3.50. The Morgan fingerprint density at radius 1 is 0.458 bits per heavy atom. The lowest BCUT2D eigenvalue weighted by molar-refractivity contribution is 1.18. The van der Waals surface area contributed by atoms with E-state index in [-0.39, 0.29) is 0 Å². The van der Waals surface area contributed by atoms with Gasteiger partial charge in [-0.3, -0.25) is 0 Å². The van der Waals surface area contributed by atoms with Crippen LogP contribution in [0.1, 0.15) is 11.1 Å². The zero-order valence-electron chi connectivity index (χ0n) is 26.1. The van der Waals surface area contributed by atoms with E-state index in [2.05, 4.69) is 156 Å². The topological polar surface area (TPSA) is 52.5 Å². The van der Waals surface area contributed by atoms with E-state index in [9.17, 15) is 10.5 Å². The van der Waals surface area contributed by atoms with Crippen molar-refractivity contribution < 1.29 is 0 Å². The van der Waals surface area contributed by atoms with Crippen molar-refractivity contribution in [2.45, 2.75) is 0 Å². The summed E-state index contributed by atoms with van der Waals surface area (Å²) in [5.41, 5.74) is 6.22. The van der Waals surface area contributed by atoms with E-state index in [0.717, 1.165) is 43.8 Å². The summed E-state index contributed by atoms with van der Waals surface area (Å²) in [5, 5.41) is 27.6. The van der Waals surface area contributed by atoms with Gasteiger partial charge in [0.15, 0.2) is 8.07 Å². The normalized spacial score (nSPS) is 11.3. The predicted molar refractivity (Wildman–Crippen MR) is 199 cm³/mol. The maximum absolute atomic E-state index is 10.8. The van der Waals surface area contributed by atoms with Crippen molar-refractivity contribution in [1.29, 1.82) is 10.5 Å². The van der Waals surface area contributed by atoms with Crippen LogP contribution in [0.25, 0.3) is 38.6 Å². The highest BCUT2D eigenvalue weighted by Crippen LogP contribution is 2.37. The third kappa shape index (κ3) is 4.48. The number of aromatic nitrogens is 1. The fraction of sp³-hybridized carbons (Fsp3) is 0. The third-order valence-electron chi connectivity index (χ3n) is 9.43. The molecule has 0 saturated carbocycles. The van der Waals surface area contributed by atoms with Gasteiger partial charge in [-0.2, -0.15) is 10.5 Å². The molecule has 1 aromatic heterocycles. The van der Waals surface area contributed by atoms with Crippen molar-refractivity contribution in [2.75, 3.05) is 0 Å². The van der Waals surface area contributed by atoms with Crippen molar-refractivity contribution >= 4 is 50.6 Å². The third-order valence-corrected chi connectivity index (χ3v) is 14.2. The summed E-state index contributed by atoms with van der Waals surface area (Å²) < 4.78 is 2.29. The highest BCUT2D eigenvalue weighted by molar-refractivity contribution is 7.20. The molecule has 4 heteroatoms. The fourth-order valence-electron chi connectivity index (χ4n) is 7.46. The van der Waals surface area contributed by atoms with Crippen LogP contribution in [0.4, 0.5) is 0 Å². The monoisotopic (exact) mass is 627 g/mol. The fourth-order valence-corrected chi connectivity index (χ4v) is 12.5. The van der Waals surface area contributed by atoms with Crippen molar-refractivity contribution in [3.8, 4) is 29.0 Å². The first kappa shape index (κ1) is 29.0. The molecule has 0 aliphatic heterocycles. The molecule has 0 saturated heterocycles. The maximum Gasteiger partial charge on any atom is 0.180 e. The van der Waals surface area contributed by atoms with Crippen LogP contribution < -0.4 is 20.7 Å². The van der Waals surface area contributed by atoms with Gasteiger partial charge < -0.3 is 4.57 Å². The smallest absolute Gasteiger partial charge is 0.180 e. The minimum absolute atomic E-state index is 0.625. The number of para-hydroxylation sites is 2. The van der Waals surface area contributed by atoms with Gasteiger partial charge in [-0.05, 0) is 57.1 Å². The van der Waals surface area contributed by atoms with E-state index in [4.69, 9.17) is 0 Å². The molecule has 48 heavy (non-hydrogen) atoms. The van der Waals surface area contributed by atoms with Crippen LogP contribution in [-0.4, -0.2) is 12.6 Å². The van der Waals surface area contributed by atoms with Gasteiger partial charge in [0.25, 0.3) is 0 Å². The molecule has 224 valence electrons. The molecule has 0 bridgehead atoms. The molecule has 7 aromatic carbocycles. The van der Waals surface area contributed by atoms with E-state index in [1.807, 2.05) is 36.4 Å². The standard InChI is InChI=1S/C44H29N3Si/c45-30-32-27-28-42-39(29-32)37-22-10-12-24-40(37)47(42)41-25-13-11-23-38(41)44-33(31-46)15-14-26-43(44)48(34-16-4-1-5-17-34,35-18-6-2-7-19-35)36-20-8-3-9-21-36/h1-29H. The first-order valence-electron chi connectivity index (χ1n) is 16.0. The Morgan fingerprint density at radius 2 is 1.02 bits per heavy atom. The molecular formula is C44H29N3Si. The van der Waals surface area contributed by atoms with Gasteiger partial charge in [-0.25, -0.2) is 0 Å². The second-order valence-electron chi connectivity index (χ2n) is 11.9. The van der Waals surface area contributed by atoms with Gasteiger partial charge in [0, 0.05) is 21.9 Å². The number of hydrogen-bond acceptors (Lipinski definition) is 2. The number of fused-ring (bicyclic) bond motifs is 3. The molecular weight excluding hydrogens is 599 g/mol. The molecule has 0 radical (unpaired) electrons. The molecule has 0 aliphatic carbocycles. The Hall–Kier alpha value is -6.46. The van der Waals surface area contributed by atoms with Crippen molar-refractivity contribution in [2.24, 2.45) is 0 Å². The number of rotatable bonds is 6. The molecule has 1 heterocycles. The van der Waals surface area contributed by atoms with E-state index < -0.39 is 8.07 Å². The van der Waals surface area contributed by atoms with Crippen molar-refractivity contribution in [1.82, 2.24) is 4.57 Å². The summed E-state index contributed by atoms with van der Waals surface area (Å²) in [5.74, 6) is 0. The molecule has 3 nitrogen and oxygen atoms in total. The molecule has 0 spiro atoms. The summed E-state index contributed by atoms with van der Waals surface area (Å²) in [6, 6.07) is 66.3. The van der Waals surface area contributed by atoms with E-state index in [0.29, 0.717) is 11.1 Å². The zero-order chi connectivity index (χ0) is 32.5. The predicted octanol–water partition coefficient (Wildman–Crippen LogP) is 7.57.